The Kier molecular flexibility index (Phi) is 5.90. The summed E-state index contributed by atoms with van der Waals surface area (Å²) in [6.07, 6.45) is 4.40. The van der Waals surface area contributed by atoms with E-state index in [-0.39, 0.29) is 30.1 Å². The molecule has 1 aliphatic rings. The number of aromatic nitrogens is 2. The third-order valence-corrected chi connectivity index (χ3v) is 4.81. The molecule has 1 aliphatic heterocycles. The van der Waals surface area contributed by atoms with Crippen molar-refractivity contribution in [1.82, 2.24) is 20.6 Å². The van der Waals surface area contributed by atoms with E-state index in [1.165, 1.54) is 11.3 Å². The molecular formula is C17H19N5O3S. The maximum Gasteiger partial charge on any atom is 0.231 e. The SMILES string of the molecule is O=C1CCC(C(=O)Nc2nc(CC(=O)NCc3ccncc3)cs2)CN1. The molecule has 0 radical (unpaired) electrons. The number of thiazole rings is 1. The Balaban J connectivity index is 1.46. The average Bonchev–Trinajstić information content (AvgIpc) is 3.08. The molecule has 9 heteroatoms. The monoisotopic (exact) mass is 373 g/mol. The summed E-state index contributed by atoms with van der Waals surface area (Å²) in [5, 5.41) is 10.5. The fourth-order valence-electron chi connectivity index (χ4n) is 2.54. The first-order valence-corrected chi connectivity index (χ1v) is 9.15. The quantitative estimate of drug-likeness (QED) is 0.695. The molecule has 3 rings (SSSR count). The van der Waals surface area contributed by atoms with E-state index in [0.717, 1.165) is 5.56 Å². The number of carbonyl (C=O) groups excluding carboxylic acids is 3. The van der Waals surface area contributed by atoms with Crippen molar-refractivity contribution in [2.75, 3.05) is 11.9 Å². The van der Waals surface area contributed by atoms with Gasteiger partial charge >= 0.3 is 0 Å². The highest BCUT2D eigenvalue weighted by Crippen LogP contribution is 2.19. The maximum atomic E-state index is 12.2. The minimum Gasteiger partial charge on any atom is -0.355 e. The largest absolute Gasteiger partial charge is 0.355 e. The highest BCUT2D eigenvalue weighted by atomic mass is 32.1. The van der Waals surface area contributed by atoms with Crippen LogP contribution in [0.1, 0.15) is 24.1 Å². The average molecular weight is 373 g/mol. The minimum absolute atomic E-state index is 0.0247. The highest BCUT2D eigenvalue weighted by Gasteiger charge is 2.25. The molecule has 0 aliphatic carbocycles. The van der Waals surface area contributed by atoms with Gasteiger partial charge in [-0.25, -0.2) is 4.98 Å². The molecule has 1 saturated heterocycles. The molecular weight excluding hydrogens is 354 g/mol. The summed E-state index contributed by atoms with van der Waals surface area (Å²) in [6, 6.07) is 3.68. The molecule has 3 heterocycles. The van der Waals surface area contributed by atoms with Crippen molar-refractivity contribution in [1.29, 1.82) is 0 Å². The summed E-state index contributed by atoms with van der Waals surface area (Å²) >= 11 is 1.28. The topological polar surface area (TPSA) is 113 Å². The van der Waals surface area contributed by atoms with Crippen molar-refractivity contribution < 1.29 is 14.4 Å². The van der Waals surface area contributed by atoms with Crippen LogP contribution in [-0.2, 0) is 27.3 Å². The molecule has 3 amide bonds. The van der Waals surface area contributed by atoms with E-state index >= 15 is 0 Å². The van der Waals surface area contributed by atoms with Crippen LogP contribution in [0.3, 0.4) is 0 Å². The smallest absolute Gasteiger partial charge is 0.231 e. The van der Waals surface area contributed by atoms with Gasteiger partial charge in [0.25, 0.3) is 0 Å². The highest BCUT2D eigenvalue weighted by molar-refractivity contribution is 7.13. The Morgan fingerprint density at radius 3 is 2.85 bits per heavy atom. The third kappa shape index (κ3) is 5.09. The summed E-state index contributed by atoms with van der Waals surface area (Å²) in [5.41, 5.74) is 1.58. The Morgan fingerprint density at radius 1 is 1.31 bits per heavy atom. The summed E-state index contributed by atoms with van der Waals surface area (Å²) in [6.45, 7) is 0.781. The molecule has 1 unspecified atom stereocenters. The molecule has 136 valence electrons. The Bertz CT molecular complexity index is 783. The first-order chi connectivity index (χ1) is 12.6. The van der Waals surface area contributed by atoms with Crippen LogP contribution in [0.15, 0.2) is 29.9 Å². The van der Waals surface area contributed by atoms with Gasteiger partial charge in [0.1, 0.15) is 0 Å². The number of hydrogen-bond acceptors (Lipinski definition) is 6. The van der Waals surface area contributed by atoms with Crippen LogP contribution < -0.4 is 16.0 Å². The lowest BCUT2D eigenvalue weighted by atomic mass is 9.98. The van der Waals surface area contributed by atoms with Gasteiger partial charge in [0.05, 0.1) is 18.0 Å². The molecule has 0 spiro atoms. The van der Waals surface area contributed by atoms with E-state index in [2.05, 4.69) is 25.9 Å². The van der Waals surface area contributed by atoms with Gasteiger partial charge in [-0.3, -0.25) is 19.4 Å². The van der Waals surface area contributed by atoms with Gasteiger partial charge in [0.15, 0.2) is 5.13 Å². The van der Waals surface area contributed by atoms with Crippen LogP contribution >= 0.6 is 11.3 Å². The van der Waals surface area contributed by atoms with Crippen LogP contribution in [0.25, 0.3) is 0 Å². The molecule has 2 aromatic heterocycles. The molecule has 0 bridgehead atoms. The zero-order valence-electron chi connectivity index (χ0n) is 14.0. The second-order valence-corrected chi connectivity index (χ2v) is 6.84. The predicted molar refractivity (Wildman–Crippen MR) is 96.3 cm³/mol. The van der Waals surface area contributed by atoms with E-state index in [0.29, 0.717) is 36.8 Å². The summed E-state index contributed by atoms with van der Waals surface area (Å²) in [7, 11) is 0. The van der Waals surface area contributed by atoms with Gasteiger partial charge in [-0.05, 0) is 24.1 Å². The van der Waals surface area contributed by atoms with Gasteiger partial charge in [-0.15, -0.1) is 11.3 Å². The minimum atomic E-state index is -0.247. The fraction of sp³-hybridized carbons (Fsp3) is 0.353. The summed E-state index contributed by atoms with van der Waals surface area (Å²) in [4.78, 5) is 43.5. The first kappa shape index (κ1) is 18.0. The zero-order valence-corrected chi connectivity index (χ0v) is 14.8. The van der Waals surface area contributed by atoms with Gasteiger partial charge in [-0.2, -0.15) is 0 Å². The number of rotatable bonds is 6. The van der Waals surface area contributed by atoms with Crippen molar-refractivity contribution in [3.8, 4) is 0 Å². The summed E-state index contributed by atoms with van der Waals surface area (Å²) < 4.78 is 0. The molecule has 1 fully saturated rings. The van der Waals surface area contributed by atoms with Crippen LogP contribution in [0.5, 0.6) is 0 Å². The lowest BCUT2D eigenvalue weighted by molar-refractivity contribution is -0.126. The van der Waals surface area contributed by atoms with Crippen molar-refractivity contribution >= 4 is 34.2 Å². The van der Waals surface area contributed by atoms with Crippen molar-refractivity contribution in [2.45, 2.75) is 25.8 Å². The van der Waals surface area contributed by atoms with Gasteiger partial charge in [0.2, 0.25) is 17.7 Å². The molecule has 2 aromatic rings. The van der Waals surface area contributed by atoms with Gasteiger partial charge < -0.3 is 16.0 Å². The zero-order chi connectivity index (χ0) is 18.4. The first-order valence-electron chi connectivity index (χ1n) is 8.27. The Labute approximate surface area is 154 Å². The molecule has 26 heavy (non-hydrogen) atoms. The molecule has 1 atom stereocenters. The van der Waals surface area contributed by atoms with E-state index in [1.54, 1.807) is 17.8 Å². The van der Waals surface area contributed by atoms with Crippen molar-refractivity contribution in [3.63, 3.8) is 0 Å². The third-order valence-electron chi connectivity index (χ3n) is 4.00. The lowest BCUT2D eigenvalue weighted by Gasteiger charge is -2.20. The molecule has 3 N–H and O–H groups in total. The second-order valence-electron chi connectivity index (χ2n) is 5.98. The molecule has 8 nitrogen and oxygen atoms in total. The maximum absolute atomic E-state index is 12.2. The number of piperidine rings is 1. The summed E-state index contributed by atoms with van der Waals surface area (Å²) in [5.74, 6) is -0.569. The van der Waals surface area contributed by atoms with Crippen LogP contribution in [-0.4, -0.2) is 34.2 Å². The van der Waals surface area contributed by atoms with E-state index in [1.807, 2.05) is 12.1 Å². The van der Waals surface area contributed by atoms with Crippen LogP contribution in [0.4, 0.5) is 5.13 Å². The van der Waals surface area contributed by atoms with E-state index in [9.17, 15) is 14.4 Å². The lowest BCUT2D eigenvalue weighted by Crippen LogP contribution is -2.40. The number of amides is 3. The standard InChI is InChI=1S/C17H19N5O3S/c23-14-2-1-12(9-20-14)16(25)22-17-21-13(10-26-17)7-15(24)19-8-11-3-5-18-6-4-11/h3-6,10,12H,1-2,7-9H2,(H,19,24)(H,20,23)(H,21,22,25). The molecule has 0 saturated carbocycles. The number of nitrogens with zero attached hydrogens (tertiary/aromatic N) is 2. The number of hydrogen-bond donors (Lipinski definition) is 3. The number of pyridine rings is 1. The van der Waals surface area contributed by atoms with Gasteiger partial charge in [0, 0.05) is 37.3 Å². The molecule has 0 aromatic carbocycles. The van der Waals surface area contributed by atoms with Crippen molar-refractivity contribution in [3.05, 3.63) is 41.2 Å². The number of carbonyl (C=O) groups is 3. The second kappa shape index (κ2) is 8.52. The Hall–Kier alpha value is -2.81. The van der Waals surface area contributed by atoms with E-state index in [4.69, 9.17) is 0 Å². The van der Waals surface area contributed by atoms with Crippen molar-refractivity contribution in [2.24, 2.45) is 5.92 Å². The van der Waals surface area contributed by atoms with Gasteiger partial charge in [-0.1, -0.05) is 0 Å². The number of anilines is 1. The normalized spacial score (nSPS) is 16.6. The number of nitrogens with one attached hydrogen (secondary N) is 3. The fourth-order valence-corrected chi connectivity index (χ4v) is 3.25. The van der Waals surface area contributed by atoms with Crippen LogP contribution in [0, 0.1) is 5.92 Å². The van der Waals surface area contributed by atoms with E-state index < -0.39 is 0 Å². The van der Waals surface area contributed by atoms with Crippen LogP contribution in [0.2, 0.25) is 0 Å². The predicted octanol–water partition coefficient (Wildman–Crippen LogP) is 0.862. The Morgan fingerprint density at radius 2 is 2.12 bits per heavy atom.